The first kappa shape index (κ1) is 17.0. The number of hydrogen-bond donors (Lipinski definition) is 1. The van der Waals surface area contributed by atoms with Crippen LogP contribution in [0.15, 0.2) is 36.4 Å². The van der Waals surface area contributed by atoms with Gasteiger partial charge in [-0.1, -0.05) is 18.2 Å². The standard InChI is InChI=1S/C19H21NO5/c1-22-16-9-14(10-17(23-2)18(16)24-3)20-19(21)13-8-12-6-4-5-7-15(12)25-11-13/h4-7,9-10,13H,8,11H2,1-3H3,(H,20,21)/t13-/m0/s1. The largest absolute Gasteiger partial charge is 0.493 e. The van der Waals surface area contributed by atoms with E-state index in [1.165, 1.54) is 21.3 Å². The number of para-hydroxylation sites is 1. The summed E-state index contributed by atoms with van der Waals surface area (Å²) >= 11 is 0. The molecule has 2 aromatic rings. The van der Waals surface area contributed by atoms with Gasteiger partial charge in [-0.05, 0) is 18.1 Å². The number of ether oxygens (including phenoxy) is 4. The third kappa shape index (κ3) is 3.47. The Morgan fingerprint density at radius 3 is 2.40 bits per heavy atom. The van der Waals surface area contributed by atoms with E-state index in [0.717, 1.165) is 11.3 Å². The van der Waals surface area contributed by atoms with Crippen LogP contribution < -0.4 is 24.3 Å². The van der Waals surface area contributed by atoms with Crippen LogP contribution in [0.2, 0.25) is 0 Å². The van der Waals surface area contributed by atoms with Gasteiger partial charge in [-0.15, -0.1) is 0 Å². The molecule has 2 aromatic carbocycles. The number of methoxy groups -OCH3 is 3. The number of hydrogen-bond acceptors (Lipinski definition) is 5. The van der Waals surface area contributed by atoms with Gasteiger partial charge < -0.3 is 24.3 Å². The molecule has 1 aliphatic heterocycles. The molecule has 3 rings (SSSR count). The first-order valence-corrected chi connectivity index (χ1v) is 7.97. The fourth-order valence-corrected chi connectivity index (χ4v) is 2.89. The molecule has 0 unspecified atom stereocenters. The van der Waals surface area contributed by atoms with Gasteiger partial charge in [-0.3, -0.25) is 4.79 Å². The van der Waals surface area contributed by atoms with Gasteiger partial charge in [-0.25, -0.2) is 0 Å². The number of nitrogens with one attached hydrogen (secondary N) is 1. The maximum atomic E-state index is 12.6. The molecule has 1 amide bonds. The lowest BCUT2D eigenvalue weighted by atomic mass is 9.96. The maximum absolute atomic E-state index is 12.6. The van der Waals surface area contributed by atoms with Crippen molar-refractivity contribution in [2.24, 2.45) is 5.92 Å². The van der Waals surface area contributed by atoms with E-state index in [-0.39, 0.29) is 11.8 Å². The van der Waals surface area contributed by atoms with Crippen LogP contribution in [0.3, 0.4) is 0 Å². The Hall–Kier alpha value is -2.89. The number of amides is 1. The van der Waals surface area contributed by atoms with Crippen molar-refractivity contribution >= 4 is 11.6 Å². The van der Waals surface area contributed by atoms with E-state index in [1.54, 1.807) is 12.1 Å². The summed E-state index contributed by atoms with van der Waals surface area (Å²) in [5.41, 5.74) is 1.62. The van der Waals surface area contributed by atoms with E-state index < -0.39 is 0 Å². The SMILES string of the molecule is COc1cc(NC(=O)[C@@H]2COc3ccccc3C2)cc(OC)c1OC. The molecular weight excluding hydrogens is 322 g/mol. The van der Waals surface area contributed by atoms with Crippen LogP contribution in [-0.2, 0) is 11.2 Å². The minimum absolute atomic E-state index is 0.108. The molecule has 1 atom stereocenters. The van der Waals surface area contributed by atoms with Gasteiger partial charge in [0.05, 0.1) is 27.2 Å². The van der Waals surface area contributed by atoms with Crippen LogP contribution in [-0.4, -0.2) is 33.8 Å². The molecule has 1 aliphatic rings. The first-order valence-electron chi connectivity index (χ1n) is 7.97. The topological polar surface area (TPSA) is 66.0 Å². The van der Waals surface area contributed by atoms with Crippen molar-refractivity contribution in [2.45, 2.75) is 6.42 Å². The quantitative estimate of drug-likeness (QED) is 0.904. The molecule has 132 valence electrons. The van der Waals surface area contributed by atoms with Gasteiger partial charge in [0.15, 0.2) is 11.5 Å². The van der Waals surface area contributed by atoms with E-state index in [0.29, 0.717) is 36.0 Å². The summed E-state index contributed by atoms with van der Waals surface area (Å²) in [5.74, 6) is 1.94. The summed E-state index contributed by atoms with van der Waals surface area (Å²) in [7, 11) is 4.61. The van der Waals surface area contributed by atoms with Crippen molar-refractivity contribution in [3.63, 3.8) is 0 Å². The highest BCUT2D eigenvalue weighted by atomic mass is 16.5. The number of carbonyl (C=O) groups is 1. The average molecular weight is 343 g/mol. The van der Waals surface area contributed by atoms with Crippen LogP contribution in [0.1, 0.15) is 5.56 Å². The summed E-state index contributed by atoms with van der Waals surface area (Å²) in [6, 6.07) is 11.2. The molecule has 0 radical (unpaired) electrons. The molecule has 0 saturated heterocycles. The third-order valence-corrected chi connectivity index (χ3v) is 4.18. The fraction of sp³-hybridized carbons (Fsp3) is 0.316. The zero-order chi connectivity index (χ0) is 17.8. The molecule has 0 fully saturated rings. The van der Waals surface area contributed by atoms with Crippen LogP contribution in [0.5, 0.6) is 23.0 Å². The third-order valence-electron chi connectivity index (χ3n) is 4.18. The first-order chi connectivity index (χ1) is 12.2. The Bertz CT molecular complexity index is 749. The summed E-state index contributed by atoms with van der Waals surface area (Å²) in [6.45, 7) is 0.354. The monoisotopic (exact) mass is 343 g/mol. The van der Waals surface area contributed by atoms with Gasteiger partial charge in [0, 0.05) is 17.8 Å². The Morgan fingerprint density at radius 2 is 1.76 bits per heavy atom. The second kappa shape index (κ2) is 7.34. The van der Waals surface area contributed by atoms with E-state index in [2.05, 4.69) is 5.32 Å². The fourth-order valence-electron chi connectivity index (χ4n) is 2.89. The van der Waals surface area contributed by atoms with Gasteiger partial charge >= 0.3 is 0 Å². The number of rotatable bonds is 5. The minimum Gasteiger partial charge on any atom is -0.493 e. The highest BCUT2D eigenvalue weighted by molar-refractivity contribution is 5.93. The molecule has 0 aliphatic carbocycles. The molecule has 0 bridgehead atoms. The van der Waals surface area contributed by atoms with E-state index >= 15 is 0 Å². The minimum atomic E-state index is -0.256. The predicted octanol–water partition coefficient (Wildman–Crippen LogP) is 2.90. The number of anilines is 1. The number of benzene rings is 2. The summed E-state index contributed by atoms with van der Waals surface area (Å²) < 4.78 is 21.6. The molecule has 0 spiro atoms. The van der Waals surface area contributed by atoms with Crippen LogP contribution in [0.4, 0.5) is 5.69 Å². The molecule has 25 heavy (non-hydrogen) atoms. The molecular formula is C19H21NO5. The van der Waals surface area contributed by atoms with Crippen LogP contribution in [0.25, 0.3) is 0 Å². The lowest BCUT2D eigenvalue weighted by molar-refractivity contribution is -0.121. The summed E-state index contributed by atoms with van der Waals surface area (Å²) in [5, 5.41) is 2.91. The molecule has 1 N–H and O–H groups in total. The van der Waals surface area contributed by atoms with Crippen LogP contribution in [0, 0.1) is 5.92 Å². The van der Waals surface area contributed by atoms with Gasteiger partial charge in [0.2, 0.25) is 11.7 Å². The van der Waals surface area contributed by atoms with Gasteiger partial charge in [-0.2, -0.15) is 0 Å². The van der Waals surface area contributed by atoms with Gasteiger partial charge in [0.1, 0.15) is 12.4 Å². The Labute approximate surface area is 146 Å². The Morgan fingerprint density at radius 1 is 1.08 bits per heavy atom. The Balaban J connectivity index is 1.77. The number of carbonyl (C=O) groups excluding carboxylic acids is 1. The number of fused-ring (bicyclic) bond motifs is 1. The van der Waals surface area contributed by atoms with Crippen LogP contribution >= 0.6 is 0 Å². The summed E-state index contributed by atoms with van der Waals surface area (Å²) in [6.07, 6.45) is 0.645. The van der Waals surface area contributed by atoms with E-state index in [4.69, 9.17) is 18.9 Å². The van der Waals surface area contributed by atoms with Crippen molar-refractivity contribution in [1.29, 1.82) is 0 Å². The van der Waals surface area contributed by atoms with E-state index in [9.17, 15) is 4.79 Å². The smallest absolute Gasteiger partial charge is 0.231 e. The van der Waals surface area contributed by atoms with Gasteiger partial charge in [0.25, 0.3) is 0 Å². The molecule has 0 aromatic heterocycles. The van der Waals surface area contributed by atoms with Crippen molar-refractivity contribution in [2.75, 3.05) is 33.3 Å². The van der Waals surface area contributed by atoms with Crippen molar-refractivity contribution < 1.29 is 23.7 Å². The molecule has 6 nitrogen and oxygen atoms in total. The average Bonchev–Trinajstić information content (AvgIpc) is 2.66. The highest BCUT2D eigenvalue weighted by Crippen LogP contribution is 2.40. The highest BCUT2D eigenvalue weighted by Gasteiger charge is 2.26. The molecule has 0 saturated carbocycles. The molecule has 1 heterocycles. The normalized spacial score (nSPS) is 15.6. The second-order valence-electron chi connectivity index (χ2n) is 5.72. The summed E-state index contributed by atoms with van der Waals surface area (Å²) in [4.78, 5) is 12.6. The lowest BCUT2D eigenvalue weighted by Gasteiger charge is -2.24. The zero-order valence-corrected chi connectivity index (χ0v) is 14.5. The van der Waals surface area contributed by atoms with Crippen molar-refractivity contribution in [3.05, 3.63) is 42.0 Å². The lowest BCUT2D eigenvalue weighted by Crippen LogP contribution is -2.32. The second-order valence-corrected chi connectivity index (χ2v) is 5.72. The zero-order valence-electron chi connectivity index (χ0n) is 14.5. The predicted molar refractivity (Wildman–Crippen MR) is 93.9 cm³/mol. The van der Waals surface area contributed by atoms with E-state index in [1.807, 2.05) is 24.3 Å². The molecule has 6 heteroatoms. The maximum Gasteiger partial charge on any atom is 0.231 e. The van der Waals surface area contributed by atoms with Crippen molar-refractivity contribution in [3.8, 4) is 23.0 Å². The van der Waals surface area contributed by atoms with Crippen molar-refractivity contribution in [1.82, 2.24) is 0 Å². The Kier molecular flexibility index (Phi) is 4.97.